The van der Waals surface area contributed by atoms with Gasteiger partial charge in [-0.2, -0.15) is 0 Å². The topological polar surface area (TPSA) is 32.3 Å². The van der Waals surface area contributed by atoms with Gasteiger partial charge in [0, 0.05) is 11.5 Å². The summed E-state index contributed by atoms with van der Waals surface area (Å²) < 4.78 is 0. The molecule has 6 atom stereocenters. The van der Waals surface area contributed by atoms with Crippen LogP contribution >= 0.6 is 0 Å². The zero-order valence-electron chi connectivity index (χ0n) is 18.2. The summed E-state index contributed by atoms with van der Waals surface area (Å²) in [5.74, 6) is 2.37. The van der Waals surface area contributed by atoms with E-state index >= 15 is 0 Å². The zero-order chi connectivity index (χ0) is 19.4. The maximum Gasteiger partial charge on any atom is 0.0751 e. The molecule has 0 spiro atoms. The second-order valence-electron chi connectivity index (χ2n) is 10.3. The van der Waals surface area contributed by atoms with Crippen LogP contribution in [-0.4, -0.2) is 23.8 Å². The van der Waals surface area contributed by atoms with E-state index in [1.807, 2.05) is 6.08 Å². The van der Waals surface area contributed by atoms with Gasteiger partial charge in [0.1, 0.15) is 0 Å². The summed E-state index contributed by atoms with van der Waals surface area (Å²) in [6.45, 7) is 16.8. The van der Waals surface area contributed by atoms with Gasteiger partial charge in [0.05, 0.1) is 6.10 Å². The highest BCUT2D eigenvalue weighted by molar-refractivity contribution is 5.12. The maximum atomic E-state index is 11.3. The van der Waals surface area contributed by atoms with Crippen molar-refractivity contribution in [2.24, 2.45) is 28.6 Å². The van der Waals surface area contributed by atoms with Gasteiger partial charge in [0.25, 0.3) is 0 Å². The van der Waals surface area contributed by atoms with Gasteiger partial charge < -0.3 is 10.4 Å². The highest BCUT2D eigenvalue weighted by atomic mass is 16.3. The Hall–Kier alpha value is -0.340. The number of hydrogen-bond acceptors (Lipinski definition) is 2. The van der Waals surface area contributed by atoms with E-state index in [0.717, 1.165) is 43.6 Å². The third kappa shape index (κ3) is 4.38. The van der Waals surface area contributed by atoms with E-state index in [4.69, 9.17) is 0 Å². The third-order valence-electron chi connectivity index (χ3n) is 8.23. The van der Waals surface area contributed by atoms with Crippen LogP contribution in [0.25, 0.3) is 0 Å². The molecule has 2 aliphatic rings. The minimum atomic E-state index is -0.210. The zero-order valence-corrected chi connectivity index (χ0v) is 18.2. The fraction of sp³-hybridized carbons (Fsp3) is 0.917. The number of allylic oxidation sites excluding steroid dienone is 1. The fourth-order valence-corrected chi connectivity index (χ4v) is 6.21. The van der Waals surface area contributed by atoms with Crippen LogP contribution in [0.15, 0.2) is 12.7 Å². The fourth-order valence-electron chi connectivity index (χ4n) is 6.21. The largest absolute Gasteiger partial charge is 0.391 e. The van der Waals surface area contributed by atoms with Crippen molar-refractivity contribution >= 4 is 0 Å². The van der Waals surface area contributed by atoms with Crippen LogP contribution in [0.3, 0.4) is 0 Å². The Labute approximate surface area is 163 Å². The van der Waals surface area contributed by atoms with E-state index in [0.29, 0.717) is 5.41 Å². The number of rotatable bonds is 10. The van der Waals surface area contributed by atoms with Gasteiger partial charge in [-0.25, -0.2) is 0 Å². The Morgan fingerprint density at radius 1 is 1.08 bits per heavy atom. The van der Waals surface area contributed by atoms with Gasteiger partial charge in [0.15, 0.2) is 0 Å². The van der Waals surface area contributed by atoms with Crippen molar-refractivity contribution in [2.75, 3.05) is 6.54 Å². The van der Waals surface area contributed by atoms with Gasteiger partial charge in [-0.15, -0.1) is 6.58 Å². The molecule has 2 aliphatic carbocycles. The van der Waals surface area contributed by atoms with Crippen LogP contribution in [-0.2, 0) is 0 Å². The minimum absolute atomic E-state index is 0.0678. The van der Waals surface area contributed by atoms with E-state index in [1.165, 1.54) is 38.5 Å². The second kappa shape index (κ2) is 9.24. The van der Waals surface area contributed by atoms with Crippen molar-refractivity contribution in [3.8, 4) is 0 Å². The highest BCUT2D eigenvalue weighted by Gasteiger charge is 2.61. The van der Waals surface area contributed by atoms with E-state index < -0.39 is 0 Å². The lowest BCUT2D eigenvalue weighted by molar-refractivity contribution is -0.113. The molecule has 2 saturated carbocycles. The Balaban J connectivity index is 1.98. The average molecular weight is 364 g/mol. The van der Waals surface area contributed by atoms with Gasteiger partial charge >= 0.3 is 0 Å². The molecule has 0 bridgehead atoms. The lowest BCUT2D eigenvalue weighted by Crippen LogP contribution is -2.59. The molecule has 0 aliphatic heterocycles. The van der Waals surface area contributed by atoms with Crippen LogP contribution in [0.1, 0.15) is 92.4 Å². The molecule has 2 heteroatoms. The molecule has 2 nitrogen and oxygen atoms in total. The number of nitrogens with one attached hydrogen (secondary N) is 1. The van der Waals surface area contributed by atoms with Crippen molar-refractivity contribution in [3.05, 3.63) is 12.7 Å². The predicted octanol–water partition coefficient (Wildman–Crippen LogP) is 5.95. The molecule has 0 amide bonds. The number of unbranched alkanes of at least 4 members (excludes halogenated alkanes) is 1. The quantitative estimate of drug-likeness (QED) is 0.371. The smallest absolute Gasteiger partial charge is 0.0751 e. The third-order valence-corrected chi connectivity index (χ3v) is 8.23. The average Bonchev–Trinajstić information content (AvgIpc) is 2.86. The molecule has 2 N–H and O–H groups in total. The van der Waals surface area contributed by atoms with Gasteiger partial charge in [-0.3, -0.25) is 0 Å². The summed E-state index contributed by atoms with van der Waals surface area (Å²) in [5, 5.41) is 14.9. The Morgan fingerprint density at radius 2 is 1.77 bits per heavy atom. The van der Waals surface area contributed by atoms with Crippen LogP contribution in [0, 0.1) is 28.6 Å². The number of aliphatic hydroxyl groups is 1. The van der Waals surface area contributed by atoms with Crippen LogP contribution < -0.4 is 5.32 Å². The van der Waals surface area contributed by atoms with Crippen LogP contribution in [0.2, 0.25) is 0 Å². The first kappa shape index (κ1) is 22.0. The van der Waals surface area contributed by atoms with Crippen LogP contribution in [0.5, 0.6) is 0 Å². The Kier molecular flexibility index (Phi) is 7.80. The Morgan fingerprint density at radius 3 is 2.42 bits per heavy atom. The first-order valence-electron chi connectivity index (χ1n) is 11.3. The molecule has 0 heterocycles. The van der Waals surface area contributed by atoms with Crippen LogP contribution in [0.4, 0.5) is 0 Å². The van der Waals surface area contributed by atoms with Gasteiger partial charge in [-0.1, -0.05) is 60.0 Å². The van der Waals surface area contributed by atoms with E-state index in [1.54, 1.807) is 0 Å². The van der Waals surface area contributed by atoms with E-state index in [9.17, 15) is 5.11 Å². The molecular weight excluding hydrogens is 318 g/mol. The van der Waals surface area contributed by atoms with Crippen molar-refractivity contribution in [1.82, 2.24) is 5.32 Å². The Bertz CT molecular complexity index is 447. The lowest BCUT2D eigenvalue weighted by Gasteiger charge is -2.55. The number of fused-ring (bicyclic) bond motifs is 1. The highest BCUT2D eigenvalue weighted by Crippen LogP contribution is 2.65. The molecule has 0 unspecified atom stereocenters. The first-order chi connectivity index (χ1) is 12.3. The normalized spacial score (nSPS) is 38.3. The molecule has 2 fully saturated rings. The predicted molar refractivity (Wildman–Crippen MR) is 113 cm³/mol. The standard InChI is InChI=1S/C24H45NO/c1-7-8-9-17-25-21-14-16-23(5)20(13-15-24(23,6)22(21)26)19(4)12-10-11-18(2)3/h7,18-22,25-26H,1,8-17H2,2-6H3/t19-,20-,21+,22+,23-,24+/m1/s1. The lowest BCUT2D eigenvalue weighted by atomic mass is 9.53. The SMILES string of the molecule is C=CCCCN[C@H]1CC[C@]2(C)[C@@H]([C@H](C)CCCC(C)C)CC[C@@]2(C)[C@H]1O. The maximum absolute atomic E-state index is 11.3. The molecule has 0 aromatic heterocycles. The monoisotopic (exact) mass is 363 g/mol. The minimum Gasteiger partial charge on any atom is -0.391 e. The molecule has 0 aromatic rings. The molecule has 152 valence electrons. The number of aliphatic hydroxyl groups excluding tert-OH is 1. The van der Waals surface area contributed by atoms with Crippen molar-refractivity contribution in [1.29, 1.82) is 0 Å². The summed E-state index contributed by atoms with van der Waals surface area (Å²) in [7, 11) is 0. The second-order valence-corrected chi connectivity index (χ2v) is 10.3. The summed E-state index contributed by atoms with van der Waals surface area (Å²) in [5.41, 5.74) is 0.362. The van der Waals surface area contributed by atoms with Crippen molar-refractivity contribution in [2.45, 2.75) is 105 Å². The van der Waals surface area contributed by atoms with Gasteiger partial charge in [0.2, 0.25) is 0 Å². The molecule has 2 rings (SSSR count). The van der Waals surface area contributed by atoms with Crippen molar-refractivity contribution in [3.63, 3.8) is 0 Å². The van der Waals surface area contributed by atoms with E-state index in [2.05, 4.69) is 46.5 Å². The molecule has 0 radical (unpaired) electrons. The molecule has 26 heavy (non-hydrogen) atoms. The summed E-state index contributed by atoms with van der Waals surface area (Å²) in [6, 6.07) is 0.271. The first-order valence-corrected chi connectivity index (χ1v) is 11.3. The summed E-state index contributed by atoms with van der Waals surface area (Å²) in [4.78, 5) is 0. The van der Waals surface area contributed by atoms with E-state index in [-0.39, 0.29) is 17.6 Å². The number of hydrogen-bond donors (Lipinski definition) is 2. The van der Waals surface area contributed by atoms with Gasteiger partial charge in [-0.05, 0) is 68.2 Å². The van der Waals surface area contributed by atoms with Crippen molar-refractivity contribution < 1.29 is 5.11 Å². The summed E-state index contributed by atoms with van der Waals surface area (Å²) >= 11 is 0. The molecular formula is C24H45NO. The molecule has 0 aromatic carbocycles. The summed E-state index contributed by atoms with van der Waals surface area (Å²) in [6.07, 6.45) is 12.9. The molecule has 0 saturated heterocycles.